The summed E-state index contributed by atoms with van der Waals surface area (Å²) in [6, 6.07) is 11.5. The average Bonchev–Trinajstić information content (AvgIpc) is 2.44. The summed E-state index contributed by atoms with van der Waals surface area (Å²) in [4.78, 5) is 0. The van der Waals surface area contributed by atoms with E-state index < -0.39 is 0 Å². The second-order valence-electron chi connectivity index (χ2n) is 4.99. The van der Waals surface area contributed by atoms with E-state index in [0.29, 0.717) is 17.5 Å². The van der Waals surface area contributed by atoms with Crippen molar-refractivity contribution in [3.63, 3.8) is 0 Å². The van der Waals surface area contributed by atoms with Crippen molar-refractivity contribution >= 4 is 11.6 Å². The number of hydrogen-bond donors (Lipinski definition) is 0. The Morgan fingerprint density at radius 3 is 2.40 bits per heavy atom. The number of rotatable bonds is 4. The molecule has 3 heteroatoms. The Bertz CT molecular complexity index is 587. The van der Waals surface area contributed by atoms with Gasteiger partial charge < -0.3 is 4.74 Å². The first kappa shape index (κ1) is 14.9. The molecule has 0 aliphatic rings. The quantitative estimate of drug-likeness (QED) is 0.723. The topological polar surface area (TPSA) is 9.23 Å². The van der Waals surface area contributed by atoms with Crippen molar-refractivity contribution in [3.05, 3.63) is 64.5 Å². The molecule has 0 aromatic heterocycles. The van der Waals surface area contributed by atoms with Gasteiger partial charge in [-0.05, 0) is 54.7 Å². The van der Waals surface area contributed by atoms with E-state index in [1.807, 2.05) is 36.4 Å². The van der Waals surface area contributed by atoms with Crippen molar-refractivity contribution in [2.75, 3.05) is 7.11 Å². The zero-order valence-electron chi connectivity index (χ0n) is 11.9. The van der Waals surface area contributed by atoms with Gasteiger partial charge in [0, 0.05) is 0 Å². The fourth-order valence-corrected chi connectivity index (χ4v) is 2.59. The van der Waals surface area contributed by atoms with Gasteiger partial charge in [-0.25, -0.2) is 4.39 Å². The Morgan fingerprint density at radius 2 is 1.80 bits per heavy atom. The van der Waals surface area contributed by atoms with Crippen molar-refractivity contribution in [1.29, 1.82) is 0 Å². The zero-order valence-corrected chi connectivity index (χ0v) is 12.7. The van der Waals surface area contributed by atoms with Crippen molar-refractivity contribution in [2.45, 2.75) is 25.6 Å². The molecule has 20 heavy (non-hydrogen) atoms. The number of hydrogen-bond acceptors (Lipinski definition) is 1. The number of ether oxygens (including phenoxy) is 1. The average molecular weight is 293 g/mol. The lowest BCUT2D eigenvalue weighted by Crippen LogP contribution is -1.99. The molecule has 0 bridgehead atoms. The Hall–Kier alpha value is -1.54. The Labute approximate surface area is 124 Å². The zero-order chi connectivity index (χ0) is 14.7. The minimum Gasteiger partial charge on any atom is -0.497 e. The number of benzene rings is 2. The molecule has 2 aromatic rings. The fourth-order valence-electron chi connectivity index (χ4n) is 2.28. The molecule has 1 nitrogen and oxygen atoms in total. The maximum atomic E-state index is 13.6. The van der Waals surface area contributed by atoms with E-state index in [1.165, 1.54) is 0 Å². The van der Waals surface area contributed by atoms with E-state index in [1.54, 1.807) is 21.0 Å². The summed E-state index contributed by atoms with van der Waals surface area (Å²) in [7, 11) is 1.64. The van der Waals surface area contributed by atoms with Crippen LogP contribution in [-0.4, -0.2) is 7.11 Å². The maximum Gasteiger partial charge on any atom is 0.129 e. The molecule has 1 unspecified atom stereocenters. The highest BCUT2D eigenvalue weighted by Gasteiger charge is 2.13. The molecule has 0 aliphatic carbocycles. The lowest BCUT2D eigenvalue weighted by molar-refractivity contribution is 0.414. The minimum absolute atomic E-state index is 0.154. The molecule has 2 rings (SSSR count). The first-order chi connectivity index (χ1) is 9.51. The van der Waals surface area contributed by atoms with Crippen molar-refractivity contribution in [2.24, 2.45) is 0 Å². The van der Waals surface area contributed by atoms with Crippen LogP contribution in [0.4, 0.5) is 4.39 Å². The van der Waals surface area contributed by atoms with Gasteiger partial charge in [-0.3, -0.25) is 0 Å². The summed E-state index contributed by atoms with van der Waals surface area (Å²) >= 11 is 6.47. The van der Waals surface area contributed by atoms with Crippen LogP contribution in [0, 0.1) is 19.7 Å². The Morgan fingerprint density at radius 1 is 1.15 bits per heavy atom. The number of methoxy groups -OCH3 is 1. The van der Waals surface area contributed by atoms with Crippen LogP contribution in [0.1, 0.15) is 27.6 Å². The van der Waals surface area contributed by atoms with Crippen LogP contribution < -0.4 is 4.74 Å². The third kappa shape index (κ3) is 3.31. The molecule has 106 valence electrons. The van der Waals surface area contributed by atoms with Gasteiger partial charge in [0.25, 0.3) is 0 Å². The molecule has 0 radical (unpaired) electrons. The van der Waals surface area contributed by atoms with E-state index in [0.717, 1.165) is 16.9 Å². The molecular formula is C17H18ClFO. The van der Waals surface area contributed by atoms with Gasteiger partial charge in [0.1, 0.15) is 11.6 Å². The van der Waals surface area contributed by atoms with E-state index in [2.05, 4.69) is 0 Å². The molecule has 0 saturated heterocycles. The summed E-state index contributed by atoms with van der Waals surface area (Å²) in [6.07, 6.45) is 0.684. The second-order valence-corrected chi connectivity index (χ2v) is 5.52. The SMILES string of the molecule is COc1cccc(CC(Cl)c2cc(C)c(F)c(C)c2)c1. The lowest BCUT2D eigenvalue weighted by atomic mass is 9.99. The monoisotopic (exact) mass is 292 g/mol. The maximum absolute atomic E-state index is 13.6. The number of halogens is 2. The number of aryl methyl sites for hydroxylation is 2. The molecule has 0 saturated carbocycles. The highest BCUT2D eigenvalue weighted by atomic mass is 35.5. The standard InChI is InChI=1S/C17H18ClFO/c1-11-7-14(8-12(2)17(11)19)16(18)10-13-5-4-6-15(9-13)20-3/h4-9,16H,10H2,1-3H3. The summed E-state index contributed by atoms with van der Waals surface area (Å²) in [5.74, 6) is 0.664. The van der Waals surface area contributed by atoms with Crippen molar-refractivity contribution in [1.82, 2.24) is 0 Å². The van der Waals surface area contributed by atoms with Gasteiger partial charge in [-0.1, -0.05) is 24.3 Å². The van der Waals surface area contributed by atoms with Crippen LogP contribution in [0.15, 0.2) is 36.4 Å². The van der Waals surface area contributed by atoms with Crippen LogP contribution in [0.5, 0.6) is 5.75 Å². The molecule has 2 aromatic carbocycles. The third-order valence-electron chi connectivity index (χ3n) is 3.37. The summed E-state index contributed by atoms with van der Waals surface area (Å²) in [5.41, 5.74) is 3.32. The molecule has 0 spiro atoms. The first-order valence-electron chi connectivity index (χ1n) is 6.55. The molecule has 0 aliphatic heterocycles. The summed E-state index contributed by atoms with van der Waals surface area (Å²) in [6.45, 7) is 3.53. The predicted octanol–water partition coefficient (Wildman–Crippen LogP) is 4.97. The predicted molar refractivity (Wildman–Crippen MR) is 81.2 cm³/mol. The van der Waals surface area contributed by atoms with Crippen LogP contribution in [0.3, 0.4) is 0 Å². The smallest absolute Gasteiger partial charge is 0.129 e. The van der Waals surface area contributed by atoms with Crippen molar-refractivity contribution < 1.29 is 9.13 Å². The van der Waals surface area contributed by atoms with Gasteiger partial charge in [-0.2, -0.15) is 0 Å². The molecule has 1 atom stereocenters. The molecule has 0 amide bonds. The van der Waals surface area contributed by atoms with Crippen LogP contribution in [0.25, 0.3) is 0 Å². The second kappa shape index (κ2) is 6.27. The first-order valence-corrected chi connectivity index (χ1v) is 6.98. The normalized spacial score (nSPS) is 12.2. The van der Waals surface area contributed by atoms with Crippen LogP contribution in [-0.2, 0) is 6.42 Å². The molecule has 0 fully saturated rings. The summed E-state index contributed by atoms with van der Waals surface area (Å²) < 4.78 is 18.8. The summed E-state index contributed by atoms with van der Waals surface area (Å²) in [5, 5.41) is -0.180. The third-order valence-corrected chi connectivity index (χ3v) is 3.78. The minimum atomic E-state index is -0.180. The Balaban J connectivity index is 2.21. The van der Waals surface area contributed by atoms with Crippen molar-refractivity contribution in [3.8, 4) is 5.75 Å². The highest BCUT2D eigenvalue weighted by molar-refractivity contribution is 6.20. The fraction of sp³-hybridized carbons (Fsp3) is 0.294. The largest absolute Gasteiger partial charge is 0.497 e. The number of alkyl halides is 1. The Kier molecular flexibility index (Phi) is 4.66. The van der Waals surface area contributed by atoms with Gasteiger partial charge in [0.15, 0.2) is 0 Å². The van der Waals surface area contributed by atoms with E-state index in [9.17, 15) is 4.39 Å². The molecular weight excluding hydrogens is 275 g/mol. The van der Waals surface area contributed by atoms with Crippen LogP contribution >= 0.6 is 11.6 Å². The van der Waals surface area contributed by atoms with E-state index in [-0.39, 0.29) is 11.2 Å². The molecule has 0 heterocycles. The van der Waals surface area contributed by atoms with E-state index >= 15 is 0 Å². The van der Waals surface area contributed by atoms with Gasteiger partial charge in [-0.15, -0.1) is 11.6 Å². The van der Waals surface area contributed by atoms with E-state index in [4.69, 9.17) is 16.3 Å². The van der Waals surface area contributed by atoms with Crippen LogP contribution in [0.2, 0.25) is 0 Å². The van der Waals surface area contributed by atoms with Gasteiger partial charge in [0.2, 0.25) is 0 Å². The van der Waals surface area contributed by atoms with Gasteiger partial charge >= 0.3 is 0 Å². The highest BCUT2D eigenvalue weighted by Crippen LogP contribution is 2.29. The van der Waals surface area contributed by atoms with Gasteiger partial charge in [0.05, 0.1) is 12.5 Å². The lowest BCUT2D eigenvalue weighted by Gasteiger charge is -2.13. The molecule has 0 N–H and O–H groups in total.